The highest BCUT2D eigenvalue weighted by Gasteiger charge is 2.24. The Bertz CT molecular complexity index is 383. The summed E-state index contributed by atoms with van der Waals surface area (Å²) in [6, 6.07) is 6.54. The average molecular weight is 265 g/mol. The quantitative estimate of drug-likeness (QED) is 0.603. The number of carbonyl (C=O) groups is 1. The number of benzene rings is 1. The van der Waals surface area contributed by atoms with Crippen LogP contribution in [0, 0.1) is 0 Å². The zero-order chi connectivity index (χ0) is 10.8. The first-order chi connectivity index (χ1) is 7.24. The highest BCUT2D eigenvalue weighted by atomic mass is 79.9. The number of carbonyl (C=O) groups excluding carboxylic acids is 1. The van der Waals surface area contributed by atoms with Crippen LogP contribution in [-0.4, -0.2) is 25.0 Å². The van der Waals surface area contributed by atoms with Crippen molar-refractivity contribution in [1.29, 1.82) is 0 Å². The Morgan fingerprint density at radius 2 is 2.40 bits per heavy atom. The zero-order valence-electron chi connectivity index (χ0n) is 8.61. The van der Waals surface area contributed by atoms with Gasteiger partial charge in [0, 0.05) is 10.5 Å². The Morgan fingerprint density at radius 3 is 3.13 bits per heavy atom. The molecule has 1 atom stereocenters. The highest BCUT2D eigenvalue weighted by molar-refractivity contribution is 9.10. The number of nitrogens with zero attached hydrogens (tertiary/aromatic N) is 1. The fourth-order valence-electron chi connectivity index (χ4n) is 2.13. The lowest BCUT2D eigenvalue weighted by molar-refractivity contribution is 0.342. The third kappa shape index (κ3) is 2.01. The molecule has 1 aliphatic rings. The smallest absolute Gasteiger partial charge is 0.293 e. The monoisotopic (exact) mass is 264 g/mol. The van der Waals surface area contributed by atoms with E-state index in [1.165, 1.54) is 15.6 Å². The lowest BCUT2D eigenvalue weighted by atomic mass is 9.84. The molecule has 2 nitrogen and oxygen atoms in total. The first-order valence-corrected chi connectivity index (χ1v) is 5.85. The minimum absolute atomic E-state index is 0.288. The van der Waals surface area contributed by atoms with Gasteiger partial charge in [-0.15, -0.1) is 0 Å². The molecule has 1 unspecified atom stereocenters. The number of rotatable bonds is 2. The lowest BCUT2D eigenvalue weighted by Gasteiger charge is -2.34. The third-order valence-electron chi connectivity index (χ3n) is 2.97. The maximum absolute atomic E-state index is 10.5. The third-order valence-corrected chi connectivity index (χ3v) is 3.72. The van der Waals surface area contributed by atoms with Crippen LogP contribution in [0.2, 0.25) is 0 Å². The second-order valence-corrected chi connectivity index (χ2v) is 4.61. The summed E-state index contributed by atoms with van der Waals surface area (Å²) in [6.07, 6.45) is 1.85. The molecule has 0 saturated heterocycles. The maximum atomic E-state index is 10.5. The molecular formula is C11H12BBrNO. The van der Waals surface area contributed by atoms with Gasteiger partial charge >= 0.3 is 0 Å². The van der Waals surface area contributed by atoms with Crippen LogP contribution in [0.15, 0.2) is 22.7 Å². The van der Waals surface area contributed by atoms with Gasteiger partial charge in [0.15, 0.2) is 0 Å². The molecule has 15 heavy (non-hydrogen) atoms. The number of hydrogen-bond donors (Lipinski definition) is 0. The van der Waals surface area contributed by atoms with E-state index in [4.69, 9.17) is 0 Å². The van der Waals surface area contributed by atoms with Crippen molar-refractivity contribution in [3.8, 4) is 0 Å². The van der Waals surface area contributed by atoms with Crippen LogP contribution in [-0.2, 0) is 11.2 Å². The molecule has 0 amide bonds. The Hall–Kier alpha value is -0.605. The molecular weight excluding hydrogens is 253 g/mol. The normalized spacial score (nSPS) is 20.8. The molecule has 0 spiro atoms. The second kappa shape index (κ2) is 4.50. The van der Waals surface area contributed by atoms with Gasteiger partial charge in [-0.1, -0.05) is 28.1 Å². The van der Waals surface area contributed by atoms with Crippen LogP contribution in [0.1, 0.15) is 24.1 Å². The standard InChI is InChI=1S/C11H12BBrNO/c1-8-9-3-2-4-11(13)10(9)5-6-14(8)12-7-15/h2-4,7-8H,5-6H2,1H3. The Kier molecular flexibility index (Phi) is 3.27. The molecule has 1 heterocycles. The average Bonchev–Trinajstić information content (AvgIpc) is 2.23. The van der Waals surface area contributed by atoms with Crippen LogP contribution in [0.25, 0.3) is 0 Å². The summed E-state index contributed by atoms with van der Waals surface area (Å²) in [5.74, 6) is 0. The molecule has 0 saturated carbocycles. The van der Waals surface area contributed by atoms with Gasteiger partial charge < -0.3 is 9.61 Å². The van der Waals surface area contributed by atoms with Crippen molar-refractivity contribution in [2.45, 2.75) is 19.4 Å². The Labute approximate surface area is 99.0 Å². The van der Waals surface area contributed by atoms with E-state index >= 15 is 0 Å². The SMILES string of the molecule is CC1c2cccc(Br)c2CCN1[B]C=O. The fourth-order valence-corrected chi connectivity index (χ4v) is 2.71. The molecule has 0 N–H and O–H groups in total. The van der Waals surface area contributed by atoms with Gasteiger partial charge in [0.05, 0.1) is 6.19 Å². The number of halogens is 1. The zero-order valence-corrected chi connectivity index (χ0v) is 10.2. The van der Waals surface area contributed by atoms with Gasteiger partial charge in [-0.25, -0.2) is 0 Å². The largest absolute Gasteiger partial charge is 0.333 e. The van der Waals surface area contributed by atoms with E-state index in [9.17, 15) is 4.79 Å². The van der Waals surface area contributed by atoms with Gasteiger partial charge in [-0.05, 0) is 37.1 Å². The summed E-state index contributed by atoms with van der Waals surface area (Å²) in [5.41, 5.74) is 2.69. The van der Waals surface area contributed by atoms with Gasteiger partial charge in [-0.2, -0.15) is 0 Å². The van der Waals surface area contributed by atoms with Gasteiger partial charge in [-0.3, -0.25) is 0 Å². The van der Waals surface area contributed by atoms with E-state index in [0.717, 1.165) is 19.2 Å². The van der Waals surface area contributed by atoms with Gasteiger partial charge in [0.25, 0.3) is 7.41 Å². The molecule has 0 aromatic heterocycles. The summed E-state index contributed by atoms with van der Waals surface area (Å²) in [6.45, 7) is 3.04. The molecule has 4 heteroatoms. The van der Waals surface area contributed by atoms with Gasteiger partial charge in [0.1, 0.15) is 0 Å². The van der Waals surface area contributed by atoms with Crippen molar-refractivity contribution < 1.29 is 4.79 Å². The summed E-state index contributed by atoms with van der Waals surface area (Å²) in [4.78, 5) is 12.6. The van der Waals surface area contributed by atoms with Crippen molar-refractivity contribution in [3.63, 3.8) is 0 Å². The Morgan fingerprint density at radius 1 is 1.60 bits per heavy atom. The number of fused-ring (bicyclic) bond motifs is 1. The second-order valence-electron chi connectivity index (χ2n) is 3.76. The number of hydrogen-bond acceptors (Lipinski definition) is 2. The van der Waals surface area contributed by atoms with E-state index in [2.05, 4.69) is 39.8 Å². The van der Waals surface area contributed by atoms with Crippen LogP contribution >= 0.6 is 15.9 Å². The molecule has 0 aliphatic carbocycles. The van der Waals surface area contributed by atoms with E-state index in [1.54, 1.807) is 7.41 Å². The molecule has 77 valence electrons. The molecule has 1 radical (unpaired) electrons. The van der Waals surface area contributed by atoms with Crippen LogP contribution in [0.3, 0.4) is 0 Å². The minimum Gasteiger partial charge on any atom is -0.333 e. The highest BCUT2D eigenvalue weighted by Crippen LogP contribution is 2.32. The van der Waals surface area contributed by atoms with Crippen LogP contribution in [0.5, 0.6) is 0 Å². The van der Waals surface area contributed by atoms with E-state index < -0.39 is 0 Å². The molecule has 0 fully saturated rings. The van der Waals surface area contributed by atoms with Crippen molar-refractivity contribution in [2.24, 2.45) is 0 Å². The molecule has 2 rings (SSSR count). The minimum atomic E-state index is 0.288. The van der Waals surface area contributed by atoms with Crippen molar-refractivity contribution >= 4 is 29.5 Å². The van der Waals surface area contributed by atoms with E-state index in [0.29, 0.717) is 0 Å². The summed E-state index contributed by atoms with van der Waals surface area (Å²) >= 11 is 3.57. The predicted octanol–water partition coefficient (Wildman–Crippen LogP) is 2.18. The lowest BCUT2D eigenvalue weighted by Crippen LogP contribution is -2.37. The first-order valence-electron chi connectivity index (χ1n) is 5.05. The molecule has 1 aromatic carbocycles. The van der Waals surface area contributed by atoms with E-state index in [-0.39, 0.29) is 6.04 Å². The predicted molar refractivity (Wildman–Crippen MR) is 65.5 cm³/mol. The Balaban J connectivity index is 2.33. The van der Waals surface area contributed by atoms with Crippen molar-refractivity contribution in [3.05, 3.63) is 33.8 Å². The van der Waals surface area contributed by atoms with E-state index in [1.807, 2.05) is 6.07 Å². The molecule has 0 bridgehead atoms. The summed E-state index contributed by atoms with van der Waals surface area (Å²) < 4.78 is 1.18. The molecule has 1 aromatic rings. The van der Waals surface area contributed by atoms with Crippen LogP contribution < -0.4 is 0 Å². The summed E-state index contributed by atoms with van der Waals surface area (Å²) in [7, 11) is 1.63. The topological polar surface area (TPSA) is 20.3 Å². The van der Waals surface area contributed by atoms with Gasteiger partial charge in [0.2, 0.25) is 0 Å². The van der Waals surface area contributed by atoms with Crippen molar-refractivity contribution in [1.82, 2.24) is 4.81 Å². The maximum Gasteiger partial charge on any atom is 0.293 e. The molecule has 1 aliphatic heterocycles. The summed E-state index contributed by atoms with van der Waals surface area (Å²) in [5, 5.41) is 0. The fraction of sp³-hybridized carbons (Fsp3) is 0.364. The first kappa shape index (κ1) is 10.9. The van der Waals surface area contributed by atoms with Crippen molar-refractivity contribution in [2.75, 3.05) is 6.54 Å². The van der Waals surface area contributed by atoms with Crippen LogP contribution in [0.4, 0.5) is 0 Å².